The van der Waals surface area contributed by atoms with E-state index in [1.165, 1.54) is 5.56 Å². The summed E-state index contributed by atoms with van der Waals surface area (Å²) in [6.07, 6.45) is 0.749. The molecule has 0 N–H and O–H groups in total. The van der Waals surface area contributed by atoms with Crippen LogP contribution >= 0.6 is 0 Å². The molecule has 0 radical (unpaired) electrons. The molecule has 0 fully saturated rings. The van der Waals surface area contributed by atoms with Crippen LogP contribution in [0.5, 0.6) is 11.5 Å². The predicted octanol–water partition coefficient (Wildman–Crippen LogP) is 4.63. The van der Waals surface area contributed by atoms with Gasteiger partial charge in [-0.15, -0.1) is 0 Å². The van der Waals surface area contributed by atoms with Gasteiger partial charge in [-0.25, -0.2) is 0 Å². The number of aryl methyl sites for hydroxylation is 1. The van der Waals surface area contributed by atoms with Crippen LogP contribution in [0.4, 0.5) is 0 Å². The number of hydrogen-bond donors (Lipinski definition) is 0. The highest BCUT2D eigenvalue weighted by Crippen LogP contribution is 2.28. The van der Waals surface area contributed by atoms with Crippen LogP contribution in [0.1, 0.15) is 44.6 Å². The van der Waals surface area contributed by atoms with Crippen LogP contribution in [0.25, 0.3) is 0 Å². The first kappa shape index (κ1) is 20.4. The molecule has 0 amide bonds. The summed E-state index contributed by atoms with van der Waals surface area (Å²) < 4.78 is 13.4. The Morgan fingerprint density at radius 1 is 1.00 bits per heavy atom. The van der Waals surface area contributed by atoms with E-state index in [1.807, 2.05) is 45.0 Å². The summed E-state index contributed by atoms with van der Waals surface area (Å²) in [5.41, 5.74) is 4.28. The fourth-order valence-electron chi connectivity index (χ4n) is 3.30. The predicted molar refractivity (Wildman–Crippen MR) is 112 cm³/mol. The van der Waals surface area contributed by atoms with E-state index in [0.717, 1.165) is 17.7 Å². The molecule has 1 heterocycles. The Labute approximate surface area is 170 Å². The summed E-state index contributed by atoms with van der Waals surface area (Å²) in [6, 6.07) is 17.0. The number of ether oxygens (including phenoxy) is 2. The van der Waals surface area contributed by atoms with Gasteiger partial charge in [-0.1, -0.05) is 30.3 Å². The molecule has 0 aliphatic carbocycles. The maximum absolute atomic E-state index is 12.8. The van der Waals surface area contributed by atoms with Crippen molar-refractivity contribution in [2.24, 2.45) is 0 Å². The van der Waals surface area contributed by atoms with Gasteiger partial charge in [0.1, 0.15) is 6.29 Å². The normalized spacial score (nSPS) is 10.6. The van der Waals surface area contributed by atoms with Crippen LogP contribution < -0.4 is 9.47 Å². The first-order chi connectivity index (χ1) is 14.0. The van der Waals surface area contributed by atoms with Crippen molar-refractivity contribution in [1.29, 1.82) is 0 Å². The van der Waals surface area contributed by atoms with Gasteiger partial charge in [0.15, 0.2) is 18.1 Å². The van der Waals surface area contributed by atoms with Gasteiger partial charge >= 0.3 is 0 Å². The van der Waals surface area contributed by atoms with Crippen LogP contribution in [0.3, 0.4) is 0 Å². The second kappa shape index (κ2) is 9.24. The number of hydrogen-bond acceptors (Lipinski definition) is 4. The minimum atomic E-state index is -0.101. The lowest BCUT2D eigenvalue weighted by Gasteiger charge is -2.12. The summed E-state index contributed by atoms with van der Waals surface area (Å²) in [6.45, 7) is 6.86. The molecule has 0 bridgehead atoms. The van der Waals surface area contributed by atoms with Crippen molar-refractivity contribution in [3.8, 4) is 11.5 Å². The molecule has 1 aromatic heterocycles. The van der Waals surface area contributed by atoms with Gasteiger partial charge < -0.3 is 14.0 Å². The van der Waals surface area contributed by atoms with Crippen LogP contribution in [-0.2, 0) is 6.54 Å². The molecule has 29 heavy (non-hydrogen) atoms. The summed E-state index contributed by atoms with van der Waals surface area (Å²) in [4.78, 5) is 23.8. The fraction of sp³-hybridized carbons (Fsp3) is 0.250. The lowest BCUT2D eigenvalue weighted by atomic mass is 10.1. The van der Waals surface area contributed by atoms with E-state index >= 15 is 0 Å². The van der Waals surface area contributed by atoms with Crippen molar-refractivity contribution in [3.63, 3.8) is 0 Å². The second-order valence-corrected chi connectivity index (χ2v) is 6.83. The van der Waals surface area contributed by atoms with Crippen molar-refractivity contribution in [2.45, 2.75) is 27.3 Å². The third kappa shape index (κ3) is 4.74. The van der Waals surface area contributed by atoms with Gasteiger partial charge in [0, 0.05) is 29.1 Å². The van der Waals surface area contributed by atoms with E-state index in [-0.39, 0.29) is 12.4 Å². The molecule has 5 nitrogen and oxygen atoms in total. The monoisotopic (exact) mass is 391 g/mol. The van der Waals surface area contributed by atoms with Gasteiger partial charge in [0.05, 0.1) is 6.61 Å². The Balaban J connectivity index is 1.75. The number of carbonyl (C=O) groups excluding carboxylic acids is 2. The molecule has 2 aromatic carbocycles. The molecule has 0 saturated carbocycles. The zero-order valence-corrected chi connectivity index (χ0v) is 17.0. The number of aromatic nitrogens is 1. The maximum Gasteiger partial charge on any atom is 0.202 e. The van der Waals surface area contributed by atoms with E-state index in [2.05, 4.69) is 16.7 Å². The van der Waals surface area contributed by atoms with Crippen molar-refractivity contribution in [1.82, 2.24) is 4.57 Å². The van der Waals surface area contributed by atoms with Crippen LogP contribution in [0, 0.1) is 13.8 Å². The molecular weight excluding hydrogens is 366 g/mol. The Bertz CT molecular complexity index is 1010. The van der Waals surface area contributed by atoms with E-state index in [9.17, 15) is 9.59 Å². The van der Waals surface area contributed by atoms with Crippen LogP contribution in [-0.4, -0.2) is 29.9 Å². The molecule has 0 aliphatic rings. The van der Waals surface area contributed by atoms with Crippen molar-refractivity contribution in [2.75, 3.05) is 13.2 Å². The molecule has 150 valence electrons. The van der Waals surface area contributed by atoms with Gasteiger partial charge in [-0.2, -0.15) is 0 Å². The van der Waals surface area contributed by atoms with Crippen LogP contribution in [0.2, 0.25) is 0 Å². The highest BCUT2D eigenvalue weighted by atomic mass is 16.5. The molecule has 5 heteroatoms. The summed E-state index contributed by atoms with van der Waals surface area (Å²) >= 11 is 0. The third-order valence-electron chi connectivity index (χ3n) is 4.82. The van der Waals surface area contributed by atoms with Gasteiger partial charge in [-0.05, 0) is 50.6 Å². The number of carbonyl (C=O) groups is 2. The molecule has 0 spiro atoms. The van der Waals surface area contributed by atoms with E-state index in [0.29, 0.717) is 35.8 Å². The van der Waals surface area contributed by atoms with E-state index < -0.39 is 0 Å². The second-order valence-electron chi connectivity index (χ2n) is 6.83. The lowest BCUT2D eigenvalue weighted by molar-refractivity contribution is 0.0917. The molecule has 3 aromatic rings. The number of Topliss-reactive ketones (excluding diaryl/α,β-unsaturated/α-hetero) is 1. The number of ketones is 1. The zero-order chi connectivity index (χ0) is 20.8. The summed E-state index contributed by atoms with van der Waals surface area (Å²) in [5, 5.41) is 0. The third-order valence-corrected chi connectivity index (χ3v) is 4.82. The zero-order valence-electron chi connectivity index (χ0n) is 17.0. The van der Waals surface area contributed by atoms with Crippen molar-refractivity contribution >= 4 is 12.1 Å². The van der Waals surface area contributed by atoms with E-state index in [4.69, 9.17) is 9.47 Å². The first-order valence-corrected chi connectivity index (χ1v) is 9.62. The number of nitrogens with zero attached hydrogens (tertiary/aromatic N) is 1. The van der Waals surface area contributed by atoms with Gasteiger partial charge in [0.2, 0.25) is 5.78 Å². The summed E-state index contributed by atoms with van der Waals surface area (Å²) in [5.74, 6) is 0.808. The molecule has 3 rings (SSSR count). The fourth-order valence-corrected chi connectivity index (χ4v) is 3.30. The Morgan fingerprint density at radius 2 is 1.76 bits per heavy atom. The number of rotatable bonds is 9. The quantitative estimate of drug-likeness (QED) is 0.394. The van der Waals surface area contributed by atoms with E-state index in [1.54, 1.807) is 18.2 Å². The minimum Gasteiger partial charge on any atom is -0.490 e. The average molecular weight is 391 g/mol. The smallest absolute Gasteiger partial charge is 0.202 e. The minimum absolute atomic E-state index is 0.0978. The van der Waals surface area contributed by atoms with Crippen molar-refractivity contribution < 1.29 is 19.1 Å². The highest BCUT2D eigenvalue weighted by Gasteiger charge is 2.17. The standard InChI is InChI=1S/C24H25NO4/c1-4-28-24-13-20(15-26)10-11-23(24)29-16-22(27)21-12-17(2)25(18(21)3)14-19-8-6-5-7-9-19/h5-13,15H,4,14,16H2,1-3H3. The number of aldehydes is 1. The topological polar surface area (TPSA) is 57.5 Å². The highest BCUT2D eigenvalue weighted by molar-refractivity contribution is 5.98. The maximum atomic E-state index is 12.8. The van der Waals surface area contributed by atoms with Gasteiger partial charge in [-0.3, -0.25) is 9.59 Å². The molecule has 0 aliphatic heterocycles. The molecule has 0 atom stereocenters. The van der Waals surface area contributed by atoms with Crippen molar-refractivity contribution in [3.05, 3.63) is 82.7 Å². The Hall–Kier alpha value is -3.34. The first-order valence-electron chi connectivity index (χ1n) is 9.62. The lowest BCUT2D eigenvalue weighted by Crippen LogP contribution is -2.14. The molecule has 0 saturated heterocycles. The molecular formula is C24H25NO4. The number of benzene rings is 2. The summed E-state index contributed by atoms with van der Waals surface area (Å²) in [7, 11) is 0. The van der Waals surface area contributed by atoms with Crippen LogP contribution in [0.15, 0.2) is 54.6 Å². The Kier molecular flexibility index (Phi) is 6.50. The Morgan fingerprint density at radius 3 is 2.45 bits per heavy atom. The molecule has 0 unspecified atom stereocenters. The average Bonchev–Trinajstić information content (AvgIpc) is 3.02. The SMILES string of the molecule is CCOc1cc(C=O)ccc1OCC(=O)c1cc(C)n(Cc2ccccc2)c1C. The van der Waals surface area contributed by atoms with Gasteiger partial charge in [0.25, 0.3) is 0 Å². The largest absolute Gasteiger partial charge is 0.490 e.